The molecule has 1 atom stereocenters. The van der Waals surface area contributed by atoms with E-state index in [1.54, 1.807) is 24.3 Å². The van der Waals surface area contributed by atoms with Gasteiger partial charge in [0.2, 0.25) is 6.10 Å². The Labute approximate surface area is 139 Å². The van der Waals surface area contributed by atoms with E-state index >= 15 is 0 Å². The van der Waals surface area contributed by atoms with Gasteiger partial charge in [0.05, 0.1) is 0 Å². The minimum atomic E-state index is -0.911. The maximum atomic E-state index is 12.6. The van der Waals surface area contributed by atoms with Crippen molar-refractivity contribution in [3.8, 4) is 0 Å². The van der Waals surface area contributed by atoms with E-state index in [2.05, 4.69) is 5.32 Å². The van der Waals surface area contributed by atoms with Gasteiger partial charge >= 0.3 is 5.97 Å². The van der Waals surface area contributed by atoms with Crippen LogP contribution in [0.15, 0.2) is 47.8 Å². The smallest absolute Gasteiger partial charge is 0.349 e. The molecule has 4 nitrogen and oxygen atoms in total. The van der Waals surface area contributed by atoms with Crippen molar-refractivity contribution in [1.82, 2.24) is 5.32 Å². The lowest BCUT2D eigenvalue weighted by atomic mass is 10.1. The lowest BCUT2D eigenvalue weighted by molar-refractivity contribution is -0.131. The number of ether oxygens (including phenoxy) is 1. The summed E-state index contributed by atoms with van der Waals surface area (Å²) in [6.07, 6.45) is 3.34. The first kappa shape index (κ1) is 15.7. The molecule has 1 aromatic carbocycles. The molecule has 1 amide bonds. The van der Waals surface area contributed by atoms with Crippen LogP contribution in [0.25, 0.3) is 0 Å². The summed E-state index contributed by atoms with van der Waals surface area (Å²) in [5, 5.41) is 4.83. The van der Waals surface area contributed by atoms with Gasteiger partial charge in [-0.15, -0.1) is 11.3 Å². The third-order valence-corrected chi connectivity index (χ3v) is 4.84. The standard InChI is InChI=1S/C18H19NO3S/c20-17(19-14-9-4-5-10-14)16(13-7-2-1-3-8-13)22-18(21)15-11-6-12-23-15/h1-3,6-8,11-12,14,16H,4-5,9-10H2,(H,19,20)/t16-/m0/s1. The number of nitrogens with one attached hydrogen (secondary N) is 1. The van der Waals surface area contributed by atoms with Gasteiger partial charge in [-0.3, -0.25) is 4.79 Å². The fourth-order valence-electron chi connectivity index (χ4n) is 2.81. The summed E-state index contributed by atoms with van der Waals surface area (Å²) in [5.74, 6) is -0.705. The van der Waals surface area contributed by atoms with E-state index in [1.165, 1.54) is 11.3 Å². The van der Waals surface area contributed by atoms with Crippen LogP contribution < -0.4 is 5.32 Å². The van der Waals surface area contributed by atoms with Crippen LogP contribution >= 0.6 is 11.3 Å². The topological polar surface area (TPSA) is 55.4 Å². The molecule has 0 aliphatic heterocycles. The fraction of sp³-hybridized carbons (Fsp3) is 0.333. The van der Waals surface area contributed by atoms with E-state index in [0.717, 1.165) is 25.7 Å². The maximum Gasteiger partial charge on any atom is 0.349 e. The molecule has 1 heterocycles. The van der Waals surface area contributed by atoms with Crippen molar-refractivity contribution in [1.29, 1.82) is 0 Å². The van der Waals surface area contributed by atoms with E-state index in [9.17, 15) is 9.59 Å². The molecule has 1 fully saturated rings. The third kappa shape index (κ3) is 3.99. The molecule has 0 spiro atoms. The predicted octanol–water partition coefficient (Wildman–Crippen LogP) is 3.71. The summed E-state index contributed by atoms with van der Waals surface area (Å²) in [6.45, 7) is 0. The van der Waals surface area contributed by atoms with Crippen molar-refractivity contribution in [3.63, 3.8) is 0 Å². The summed E-state index contributed by atoms with van der Waals surface area (Å²) in [6, 6.07) is 12.8. The molecule has 0 unspecified atom stereocenters. The number of benzene rings is 1. The Kier molecular flexibility index (Phi) is 5.08. The highest BCUT2D eigenvalue weighted by Crippen LogP contribution is 2.23. The highest BCUT2D eigenvalue weighted by atomic mass is 32.1. The van der Waals surface area contributed by atoms with Crippen molar-refractivity contribution in [2.75, 3.05) is 0 Å². The Morgan fingerprint density at radius 3 is 2.48 bits per heavy atom. The van der Waals surface area contributed by atoms with Gasteiger partial charge in [0.1, 0.15) is 4.88 Å². The summed E-state index contributed by atoms with van der Waals surface area (Å²) in [4.78, 5) is 25.4. The second kappa shape index (κ2) is 7.42. The van der Waals surface area contributed by atoms with Gasteiger partial charge in [-0.05, 0) is 24.3 Å². The minimum Gasteiger partial charge on any atom is -0.443 e. The van der Waals surface area contributed by atoms with Crippen molar-refractivity contribution < 1.29 is 14.3 Å². The maximum absolute atomic E-state index is 12.6. The number of carbonyl (C=O) groups is 2. The molecular formula is C18H19NO3S. The van der Waals surface area contributed by atoms with Crippen LogP contribution in [0.2, 0.25) is 0 Å². The Balaban J connectivity index is 1.76. The summed E-state index contributed by atoms with van der Waals surface area (Å²) >= 11 is 1.31. The minimum absolute atomic E-state index is 0.189. The number of hydrogen-bond acceptors (Lipinski definition) is 4. The average molecular weight is 329 g/mol. The highest BCUT2D eigenvalue weighted by molar-refractivity contribution is 7.11. The van der Waals surface area contributed by atoms with Gasteiger partial charge in [-0.1, -0.05) is 49.2 Å². The Morgan fingerprint density at radius 1 is 1.09 bits per heavy atom. The van der Waals surface area contributed by atoms with Crippen LogP contribution in [0.3, 0.4) is 0 Å². The van der Waals surface area contributed by atoms with Gasteiger partial charge < -0.3 is 10.1 Å². The predicted molar refractivity (Wildman–Crippen MR) is 89.3 cm³/mol. The second-order valence-corrected chi connectivity index (χ2v) is 6.61. The number of carbonyl (C=O) groups excluding carboxylic acids is 2. The zero-order valence-corrected chi connectivity index (χ0v) is 13.6. The fourth-order valence-corrected chi connectivity index (χ4v) is 3.41. The molecule has 2 aromatic rings. The summed E-state index contributed by atoms with van der Waals surface area (Å²) < 4.78 is 5.51. The molecule has 23 heavy (non-hydrogen) atoms. The summed E-state index contributed by atoms with van der Waals surface area (Å²) in [7, 11) is 0. The highest BCUT2D eigenvalue weighted by Gasteiger charge is 2.28. The molecule has 3 rings (SSSR count). The quantitative estimate of drug-likeness (QED) is 0.851. The first-order valence-corrected chi connectivity index (χ1v) is 8.72. The van der Waals surface area contributed by atoms with Crippen molar-refractivity contribution >= 4 is 23.2 Å². The number of esters is 1. The number of amides is 1. The molecule has 1 aliphatic rings. The van der Waals surface area contributed by atoms with Crippen LogP contribution in [-0.4, -0.2) is 17.9 Å². The number of hydrogen-bond donors (Lipinski definition) is 1. The van der Waals surface area contributed by atoms with Crippen LogP contribution in [0.1, 0.15) is 47.0 Å². The Morgan fingerprint density at radius 2 is 1.83 bits per heavy atom. The van der Waals surface area contributed by atoms with Crippen molar-refractivity contribution in [2.24, 2.45) is 0 Å². The van der Waals surface area contributed by atoms with Gasteiger partial charge in [0.25, 0.3) is 5.91 Å². The van der Waals surface area contributed by atoms with E-state index in [1.807, 2.05) is 23.6 Å². The van der Waals surface area contributed by atoms with Crippen LogP contribution in [-0.2, 0) is 9.53 Å². The van der Waals surface area contributed by atoms with Crippen LogP contribution in [0.5, 0.6) is 0 Å². The first-order valence-electron chi connectivity index (χ1n) is 7.84. The molecule has 1 saturated carbocycles. The molecular weight excluding hydrogens is 310 g/mol. The molecule has 0 bridgehead atoms. The SMILES string of the molecule is O=C(O[C@H](C(=O)NC1CCCC1)c1ccccc1)c1cccs1. The van der Waals surface area contributed by atoms with Crippen LogP contribution in [0, 0.1) is 0 Å². The first-order chi connectivity index (χ1) is 11.2. The molecule has 1 aliphatic carbocycles. The largest absolute Gasteiger partial charge is 0.443 e. The zero-order valence-electron chi connectivity index (χ0n) is 12.7. The third-order valence-electron chi connectivity index (χ3n) is 3.99. The number of rotatable bonds is 5. The monoisotopic (exact) mass is 329 g/mol. The molecule has 1 aromatic heterocycles. The lowest BCUT2D eigenvalue weighted by Gasteiger charge is -2.20. The lowest BCUT2D eigenvalue weighted by Crippen LogP contribution is -2.38. The Hall–Kier alpha value is -2.14. The Bertz CT molecular complexity index is 648. The molecule has 0 radical (unpaired) electrons. The van der Waals surface area contributed by atoms with Gasteiger partial charge in [-0.25, -0.2) is 4.79 Å². The average Bonchev–Trinajstić information content (AvgIpc) is 3.26. The van der Waals surface area contributed by atoms with Gasteiger partial charge in [0, 0.05) is 11.6 Å². The number of thiophene rings is 1. The van der Waals surface area contributed by atoms with E-state index in [4.69, 9.17) is 4.74 Å². The summed E-state index contributed by atoms with van der Waals surface area (Å²) in [5.41, 5.74) is 0.688. The zero-order chi connectivity index (χ0) is 16.1. The molecule has 120 valence electrons. The van der Waals surface area contributed by atoms with Crippen molar-refractivity contribution in [3.05, 3.63) is 58.3 Å². The van der Waals surface area contributed by atoms with Gasteiger partial charge in [-0.2, -0.15) is 0 Å². The second-order valence-electron chi connectivity index (χ2n) is 5.66. The van der Waals surface area contributed by atoms with Crippen molar-refractivity contribution in [2.45, 2.75) is 37.8 Å². The molecule has 0 saturated heterocycles. The molecule has 5 heteroatoms. The normalized spacial score (nSPS) is 16.0. The molecule has 1 N–H and O–H groups in total. The van der Waals surface area contributed by atoms with E-state index < -0.39 is 12.1 Å². The van der Waals surface area contributed by atoms with Crippen LogP contribution in [0.4, 0.5) is 0 Å². The van der Waals surface area contributed by atoms with Gasteiger partial charge in [0.15, 0.2) is 0 Å². The van der Waals surface area contributed by atoms with E-state index in [0.29, 0.717) is 10.4 Å². The van der Waals surface area contributed by atoms with E-state index in [-0.39, 0.29) is 11.9 Å².